The summed E-state index contributed by atoms with van der Waals surface area (Å²) in [5.41, 5.74) is 0.914. The third kappa shape index (κ3) is 5.06. The Morgan fingerprint density at radius 1 is 1.36 bits per heavy atom. The number of nitrogens with one attached hydrogen (secondary N) is 1. The molecular weight excluding hydrogens is 395 g/mol. The molecule has 1 aromatic carbocycles. The number of hydrogen-bond donors (Lipinski definition) is 1. The largest absolute Gasteiger partial charge is 0.573 e. The van der Waals surface area contributed by atoms with E-state index in [1.165, 1.54) is 34.5 Å². The van der Waals surface area contributed by atoms with Crippen molar-refractivity contribution in [3.8, 4) is 5.75 Å². The highest BCUT2D eigenvalue weighted by molar-refractivity contribution is 7.99. The van der Waals surface area contributed by atoms with E-state index in [2.05, 4.69) is 15.0 Å². The number of nitrogens with zero attached hydrogens (tertiary/aromatic N) is 2. The first kappa shape index (κ1) is 20.2. The summed E-state index contributed by atoms with van der Waals surface area (Å²) >= 11 is 1.43. The fourth-order valence-corrected chi connectivity index (χ4v) is 4.07. The van der Waals surface area contributed by atoms with Crippen molar-refractivity contribution in [1.82, 2.24) is 9.55 Å². The van der Waals surface area contributed by atoms with Crippen molar-refractivity contribution in [3.05, 3.63) is 46.4 Å². The zero-order chi connectivity index (χ0) is 20.3. The number of alkyl halides is 3. The van der Waals surface area contributed by atoms with Crippen LogP contribution in [0.15, 0.2) is 40.3 Å². The lowest BCUT2D eigenvalue weighted by Crippen LogP contribution is -2.27. The van der Waals surface area contributed by atoms with E-state index in [-0.39, 0.29) is 29.7 Å². The molecule has 1 unspecified atom stereocenters. The van der Waals surface area contributed by atoms with Crippen molar-refractivity contribution < 1.29 is 22.7 Å². The smallest absolute Gasteiger partial charge is 0.406 e. The number of carbonyl (C=O) groups is 1. The maximum absolute atomic E-state index is 12.4. The molecule has 6 nitrogen and oxygen atoms in total. The summed E-state index contributed by atoms with van der Waals surface area (Å²) in [4.78, 5) is 29.2. The minimum atomic E-state index is -4.77. The van der Waals surface area contributed by atoms with E-state index < -0.39 is 6.36 Å². The van der Waals surface area contributed by atoms with Gasteiger partial charge in [-0.25, -0.2) is 4.98 Å². The van der Waals surface area contributed by atoms with Gasteiger partial charge >= 0.3 is 6.36 Å². The van der Waals surface area contributed by atoms with Crippen molar-refractivity contribution in [3.63, 3.8) is 0 Å². The fourth-order valence-electron chi connectivity index (χ4n) is 2.90. The predicted molar refractivity (Wildman–Crippen MR) is 98.6 cm³/mol. The van der Waals surface area contributed by atoms with Crippen LogP contribution in [0, 0.1) is 0 Å². The molecule has 10 heteroatoms. The molecule has 0 saturated carbocycles. The summed E-state index contributed by atoms with van der Waals surface area (Å²) in [6.45, 7) is 2.01. The van der Waals surface area contributed by atoms with Gasteiger partial charge in [0.2, 0.25) is 5.91 Å². The van der Waals surface area contributed by atoms with Gasteiger partial charge in [0.25, 0.3) is 5.56 Å². The second-order valence-corrected chi connectivity index (χ2v) is 7.26. The number of anilines is 1. The third-order valence-corrected chi connectivity index (χ3v) is 5.14. The number of aryl methyl sites for hydroxylation is 1. The van der Waals surface area contributed by atoms with E-state index >= 15 is 0 Å². The Balaban J connectivity index is 1.63. The topological polar surface area (TPSA) is 73.2 Å². The van der Waals surface area contributed by atoms with Crippen molar-refractivity contribution in [2.75, 3.05) is 11.1 Å². The average molecular weight is 413 g/mol. The lowest BCUT2D eigenvalue weighted by atomic mass is 10.2. The summed E-state index contributed by atoms with van der Waals surface area (Å²) in [6, 6.07) is 6.07. The first-order chi connectivity index (χ1) is 13.2. The van der Waals surface area contributed by atoms with Crippen molar-refractivity contribution in [2.24, 2.45) is 0 Å². The van der Waals surface area contributed by atoms with Gasteiger partial charge in [-0.3, -0.25) is 14.2 Å². The van der Waals surface area contributed by atoms with Crippen molar-refractivity contribution in [2.45, 2.75) is 43.7 Å². The van der Waals surface area contributed by atoms with E-state index in [4.69, 9.17) is 0 Å². The summed E-state index contributed by atoms with van der Waals surface area (Å²) in [5, 5.41) is 3.23. The minimum Gasteiger partial charge on any atom is -0.406 e. The minimum absolute atomic E-state index is 0.0650. The zero-order valence-electron chi connectivity index (χ0n) is 15.0. The van der Waals surface area contributed by atoms with Crippen LogP contribution in [0.4, 0.5) is 18.9 Å². The van der Waals surface area contributed by atoms with Gasteiger partial charge in [-0.15, -0.1) is 13.2 Å². The molecule has 2 heterocycles. The van der Waals surface area contributed by atoms with Crippen LogP contribution in [0.1, 0.15) is 31.5 Å². The van der Waals surface area contributed by atoms with Crippen LogP contribution in [-0.2, 0) is 11.2 Å². The molecule has 1 atom stereocenters. The predicted octanol–water partition coefficient (Wildman–Crippen LogP) is 3.77. The molecule has 1 aliphatic rings. The number of fused-ring (bicyclic) bond motifs is 1. The Morgan fingerprint density at radius 2 is 2.07 bits per heavy atom. The average Bonchev–Trinajstić information content (AvgIpc) is 2.99. The SMILES string of the molecule is CCCc1cc(=O)n2c(n1)SCC2CC(=O)Nc1ccc(OC(F)(F)F)cc1. The van der Waals surface area contributed by atoms with Crippen LogP contribution >= 0.6 is 11.8 Å². The van der Waals surface area contributed by atoms with Crippen molar-refractivity contribution >= 4 is 23.4 Å². The van der Waals surface area contributed by atoms with Crippen LogP contribution in [-0.4, -0.2) is 27.6 Å². The normalized spacial score (nSPS) is 15.9. The summed E-state index contributed by atoms with van der Waals surface area (Å²) in [5.74, 6) is -0.150. The van der Waals surface area contributed by atoms with Gasteiger partial charge in [-0.1, -0.05) is 25.1 Å². The van der Waals surface area contributed by atoms with Crippen molar-refractivity contribution in [1.29, 1.82) is 0 Å². The molecule has 0 spiro atoms. The molecule has 1 N–H and O–H groups in total. The molecule has 0 radical (unpaired) electrons. The van der Waals surface area contributed by atoms with Crippen LogP contribution < -0.4 is 15.6 Å². The molecule has 1 amide bonds. The number of benzene rings is 1. The highest BCUT2D eigenvalue weighted by Gasteiger charge is 2.31. The zero-order valence-corrected chi connectivity index (χ0v) is 15.8. The summed E-state index contributed by atoms with van der Waals surface area (Å²) < 4.78 is 41.8. The number of rotatable bonds is 6. The first-order valence-corrected chi connectivity index (χ1v) is 9.64. The van der Waals surface area contributed by atoms with Crippen LogP contribution in [0.25, 0.3) is 0 Å². The quantitative estimate of drug-likeness (QED) is 0.730. The van der Waals surface area contributed by atoms with Gasteiger partial charge in [0.1, 0.15) is 5.75 Å². The molecule has 0 fully saturated rings. The van der Waals surface area contributed by atoms with Gasteiger partial charge < -0.3 is 10.1 Å². The van der Waals surface area contributed by atoms with Gasteiger partial charge in [0.05, 0.1) is 6.04 Å². The number of ether oxygens (including phenoxy) is 1. The molecular formula is C18H18F3N3O3S. The van der Waals surface area contributed by atoms with Gasteiger partial charge in [-0.05, 0) is 30.7 Å². The maximum atomic E-state index is 12.4. The summed E-state index contributed by atoms with van der Waals surface area (Å²) in [6.07, 6.45) is -3.09. The first-order valence-electron chi connectivity index (χ1n) is 8.66. The molecule has 28 heavy (non-hydrogen) atoms. The molecule has 1 aromatic heterocycles. The molecule has 3 rings (SSSR count). The molecule has 150 valence electrons. The van der Waals surface area contributed by atoms with E-state index in [1.807, 2.05) is 6.92 Å². The molecule has 0 aliphatic carbocycles. The Bertz CT molecular complexity index is 913. The second-order valence-electron chi connectivity index (χ2n) is 6.28. The lowest BCUT2D eigenvalue weighted by Gasteiger charge is -2.14. The third-order valence-electron chi connectivity index (χ3n) is 4.04. The molecule has 0 saturated heterocycles. The Morgan fingerprint density at radius 3 is 2.71 bits per heavy atom. The van der Waals surface area contributed by atoms with Crippen LogP contribution in [0.2, 0.25) is 0 Å². The maximum Gasteiger partial charge on any atom is 0.573 e. The van der Waals surface area contributed by atoms with E-state index in [9.17, 15) is 22.8 Å². The van der Waals surface area contributed by atoms with Crippen LogP contribution in [0.3, 0.4) is 0 Å². The Kier molecular flexibility index (Phi) is 5.97. The van der Waals surface area contributed by atoms with Crippen LogP contribution in [0.5, 0.6) is 5.75 Å². The number of halogens is 3. The van der Waals surface area contributed by atoms with E-state index in [0.29, 0.717) is 16.6 Å². The molecule has 2 aromatic rings. The number of aromatic nitrogens is 2. The number of thioether (sulfide) groups is 1. The number of carbonyl (C=O) groups excluding carboxylic acids is 1. The highest BCUT2D eigenvalue weighted by atomic mass is 32.2. The number of amides is 1. The van der Waals surface area contributed by atoms with E-state index in [1.54, 1.807) is 0 Å². The fraction of sp³-hybridized carbons (Fsp3) is 0.389. The second kappa shape index (κ2) is 8.26. The lowest BCUT2D eigenvalue weighted by molar-refractivity contribution is -0.274. The Hall–Kier alpha value is -2.49. The summed E-state index contributed by atoms with van der Waals surface area (Å²) in [7, 11) is 0. The molecule has 0 bridgehead atoms. The highest BCUT2D eigenvalue weighted by Crippen LogP contribution is 2.32. The van der Waals surface area contributed by atoms with Gasteiger partial charge in [-0.2, -0.15) is 0 Å². The number of hydrogen-bond acceptors (Lipinski definition) is 5. The Labute approximate surface area is 163 Å². The van der Waals surface area contributed by atoms with Gasteiger partial charge in [0, 0.05) is 29.6 Å². The standard InChI is InChI=1S/C18H18F3N3O3S/c1-2-3-12-8-16(26)24-13(10-28-17(24)23-12)9-15(25)22-11-4-6-14(7-5-11)27-18(19,20)21/h4-8,13H,2-3,9-10H2,1H3,(H,22,25). The van der Waals surface area contributed by atoms with E-state index in [0.717, 1.165) is 30.7 Å². The molecule has 1 aliphatic heterocycles. The monoisotopic (exact) mass is 413 g/mol. The van der Waals surface area contributed by atoms with Gasteiger partial charge in [0.15, 0.2) is 5.16 Å².